The number of carbonyl (C=O) groups is 6. The number of amides is 5. The highest BCUT2D eigenvalue weighted by Crippen LogP contribution is 2.12. The molecule has 0 aliphatic rings. The summed E-state index contributed by atoms with van der Waals surface area (Å²) in [7, 11) is 0. The highest BCUT2D eigenvalue weighted by molar-refractivity contribution is 7.80. The van der Waals surface area contributed by atoms with Crippen molar-refractivity contribution >= 4 is 48.1 Å². The van der Waals surface area contributed by atoms with Crippen molar-refractivity contribution in [2.45, 2.75) is 49.9 Å². The normalized spacial score (nSPS) is 13.9. The Morgan fingerprint density at radius 1 is 0.833 bits per heavy atom. The van der Waals surface area contributed by atoms with E-state index < -0.39 is 66.1 Å². The van der Waals surface area contributed by atoms with Gasteiger partial charge in [-0.2, -0.15) is 12.6 Å². The summed E-state index contributed by atoms with van der Waals surface area (Å²) in [5.41, 5.74) is 16.2. The maximum atomic E-state index is 13.0. The summed E-state index contributed by atoms with van der Waals surface area (Å²) in [5.74, 6) is -5.82. The molecule has 0 spiro atoms. The second-order valence-corrected chi connectivity index (χ2v) is 8.22. The Labute approximate surface area is 211 Å². The van der Waals surface area contributed by atoms with E-state index >= 15 is 0 Å². The Morgan fingerprint density at radius 2 is 1.36 bits per heavy atom. The van der Waals surface area contributed by atoms with Gasteiger partial charge in [0.25, 0.3) is 0 Å². The van der Waals surface area contributed by atoms with Gasteiger partial charge < -0.3 is 43.4 Å². The van der Waals surface area contributed by atoms with Gasteiger partial charge in [0.05, 0.1) is 12.5 Å². The van der Waals surface area contributed by atoms with Gasteiger partial charge in [-0.05, 0) is 24.1 Å². The molecule has 0 fully saturated rings. The second kappa shape index (κ2) is 14.5. The van der Waals surface area contributed by atoms with Crippen LogP contribution in [-0.2, 0) is 35.2 Å². The van der Waals surface area contributed by atoms with Crippen molar-refractivity contribution in [2.24, 2.45) is 17.2 Å². The van der Waals surface area contributed by atoms with Crippen LogP contribution in [0, 0.1) is 0 Å². The molecule has 1 aromatic carbocycles. The van der Waals surface area contributed by atoms with Crippen LogP contribution in [0.2, 0.25) is 0 Å². The molecule has 0 aromatic heterocycles. The van der Waals surface area contributed by atoms with Crippen molar-refractivity contribution in [1.29, 1.82) is 0 Å². The fraction of sp³-hybridized carbons (Fsp3) is 0.429. The molecule has 0 heterocycles. The Hall–Kier alpha value is -3.85. The monoisotopic (exact) mass is 526 g/mol. The molecule has 11 N–H and O–H groups in total. The molecule has 0 saturated heterocycles. The first-order chi connectivity index (χ1) is 16.8. The number of benzene rings is 1. The van der Waals surface area contributed by atoms with Gasteiger partial charge in [-0.3, -0.25) is 24.0 Å². The van der Waals surface area contributed by atoms with E-state index in [1.807, 2.05) is 0 Å². The van der Waals surface area contributed by atoms with Gasteiger partial charge in [-0.15, -0.1) is 0 Å². The van der Waals surface area contributed by atoms with E-state index in [0.717, 1.165) is 0 Å². The van der Waals surface area contributed by atoms with Crippen molar-refractivity contribution in [3.63, 3.8) is 0 Å². The van der Waals surface area contributed by atoms with E-state index in [0.29, 0.717) is 5.56 Å². The molecule has 15 heteroatoms. The lowest BCUT2D eigenvalue weighted by Gasteiger charge is -2.24. The average Bonchev–Trinajstić information content (AvgIpc) is 2.79. The average molecular weight is 527 g/mol. The smallest absolute Gasteiger partial charge is 0.326 e. The molecule has 198 valence electrons. The Kier molecular flexibility index (Phi) is 12.2. The molecule has 0 saturated carbocycles. The van der Waals surface area contributed by atoms with Crippen molar-refractivity contribution in [3.8, 4) is 5.75 Å². The van der Waals surface area contributed by atoms with Crippen molar-refractivity contribution < 1.29 is 39.0 Å². The molecule has 36 heavy (non-hydrogen) atoms. The van der Waals surface area contributed by atoms with E-state index in [2.05, 4.69) is 28.6 Å². The second-order valence-electron chi connectivity index (χ2n) is 7.86. The summed E-state index contributed by atoms with van der Waals surface area (Å²) in [6.45, 7) is 0. The van der Waals surface area contributed by atoms with Gasteiger partial charge in [-0.25, -0.2) is 4.79 Å². The van der Waals surface area contributed by atoms with Crippen molar-refractivity contribution in [1.82, 2.24) is 16.0 Å². The number of rotatable bonds is 15. The molecule has 4 atom stereocenters. The number of thiol groups is 1. The highest BCUT2D eigenvalue weighted by Gasteiger charge is 2.30. The minimum Gasteiger partial charge on any atom is -0.508 e. The third-order valence-electron chi connectivity index (χ3n) is 4.88. The molecule has 0 bridgehead atoms. The fourth-order valence-electron chi connectivity index (χ4n) is 2.95. The maximum Gasteiger partial charge on any atom is 0.326 e. The van der Waals surface area contributed by atoms with Crippen LogP contribution >= 0.6 is 12.6 Å². The first kappa shape index (κ1) is 30.2. The van der Waals surface area contributed by atoms with Crippen LogP contribution in [0.1, 0.15) is 24.8 Å². The third-order valence-corrected chi connectivity index (χ3v) is 5.24. The lowest BCUT2D eigenvalue weighted by Crippen LogP contribution is -2.58. The van der Waals surface area contributed by atoms with Gasteiger partial charge >= 0.3 is 5.97 Å². The molecule has 0 aliphatic heterocycles. The zero-order valence-corrected chi connectivity index (χ0v) is 20.1. The number of nitrogens with two attached hydrogens (primary N) is 3. The van der Waals surface area contributed by atoms with Crippen molar-refractivity contribution in [3.05, 3.63) is 29.8 Å². The van der Waals surface area contributed by atoms with Crippen LogP contribution in [0.4, 0.5) is 0 Å². The van der Waals surface area contributed by atoms with Gasteiger partial charge in [0.2, 0.25) is 29.5 Å². The summed E-state index contributed by atoms with van der Waals surface area (Å²) < 4.78 is 0. The number of carboxylic acid groups (broad SMARTS) is 1. The zero-order chi connectivity index (χ0) is 27.4. The summed E-state index contributed by atoms with van der Waals surface area (Å²) in [6.07, 6.45) is -1.11. The minimum atomic E-state index is -1.44. The first-order valence-corrected chi connectivity index (χ1v) is 11.3. The van der Waals surface area contributed by atoms with E-state index in [1.54, 1.807) is 0 Å². The van der Waals surface area contributed by atoms with Gasteiger partial charge in [0, 0.05) is 18.6 Å². The fourth-order valence-corrected chi connectivity index (χ4v) is 3.21. The van der Waals surface area contributed by atoms with Crippen molar-refractivity contribution in [2.75, 3.05) is 5.75 Å². The molecule has 1 aromatic rings. The molecule has 5 amide bonds. The SMILES string of the molecule is NC(=O)CCC(NC(=O)C(CS)NC(=O)C(Cc1ccc(O)cc1)NC(=O)C(N)CC(N)=O)C(=O)O. The number of aliphatic carboxylic acids is 1. The summed E-state index contributed by atoms with van der Waals surface area (Å²) >= 11 is 4.02. The summed E-state index contributed by atoms with van der Waals surface area (Å²) in [5, 5.41) is 25.7. The number of hydrogen-bond acceptors (Lipinski definition) is 9. The predicted molar refractivity (Wildman–Crippen MR) is 129 cm³/mol. The van der Waals surface area contributed by atoms with Crippen LogP contribution in [0.15, 0.2) is 24.3 Å². The topological polar surface area (TPSA) is 257 Å². The number of phenolic OH excluding ortho intramolecular Hbond substituents is 1. The zero-order valence-electron chi connectivity index (χ0n) is 19.2. The van der Waals surface area contributed by atoms with Gasteiger partial charge in [0.15, 0.2) is 0 Å². The standard InChI is InChI=1S/C21H30N6O8S/c22-12(8-17(24)30)18(31)26-14(7-10-1-3-11(28)4-2-10)19(32)27-15(9-36)20(33)25-13(21(34)35)5-6-16(23)29/h1-4,12-15,28,36H,5-9,22H2,(H2,23,29)(H2,24,30)(H,25,33)(H,26,31)(H,27,32)(H,34,35). The largest absolute Gasteiger partial charge is 0.508 e. The number of nitrogens with one attached hydrogen (secondary N) is 3. The predicted octanol–water partition coefficient (Wildman–Crippen LogP) is -3.13. The summed E-state index contributed by atoms with van der Waals surface area (Å²) in [4.78, 5) is 71.4. The van der Waals surface area contributed by atoms with Crippen LogP contribution < -0.4 is 33.2 Å². The van der Waals surface area contributed by atoms with Crippen LogP contribution in [0.5, 0.6) is 5.75 Å². The van der Waals surface area contributed by atoms with Crippen LogP contribution in [-0.4, -0.2) is 75.6 Å². The number of phenols is 1. The van der Waals surface area contributed by atoms with E-state index in [-0.39, 0.29) is 30.8 Å². The van der Waals surface area contributed by atoms with Gasteiger partial charge in [-0.1, -0.05) is 12.1 Å². The lowest BCUT2D eigenvalue weighted by atomic mass is 10.0. The number of carbonyl (C=O) groups excluding carboxylic acids is 5. The summed E-state index contributed by atoms with van der Waals surface area (Å²) in [6, 6.07) is 0.386. The van der Waals surface area contributed by atoms with Crippen LogP contribution in [0.25, 0.3) is 0 Å². The molecular formula is C21H30N6O8S. The van der Waals surface area contributed by atoms with Crippen LogP contribution in [0.3, 0.4) is 0 Å². The number of aromatic hydroxyl groups is 1. The molecule has 0 aliphatic carbocycles. The third kappa shape index (κ3) is 10.6. The number of primary amides is 2. The lowest BCUT2D eigenvalue weighted by molar-refractivity contribution is -0.142. The molecule has 1 rings (SSSR count). The maximum absolute atomic E-state index is 13.0. The minimum absolute atomic E-state index is 0.0246. The quantitative estimate of drug-likeness (QED) is 0.105. The molecule has 14 nitrogen and oxygen atoms in total. The molecule has 4 unspecified atom stereocenters. The van der Waals surface area contributed by atoms with Gasteiger partial charge in [0.1, 0.15) is 23.9 Å². The molecule has 0 radical (unpaired) electrons. The Balaban J connectivity index is 3.01. The van der Waals surface area contributed by atoms with E-state index in [1.165, 1.54) is 24.3 Å². The Morgan fingerprint density at radius 3 is 1.86 bits per heavy atom. The highest BCUT2D eigenvalue weighted by atomic mass is 32.1. The molecular weight excluding hydrogens is 496 g/mol. The Bertz CT molecular complexity index is 974. The first-order valence-electron chi connectivity index (χ1n) is 10.7. The van der Waals surface area contributed by atoms with E-state index in [9.17, 15) is 39.0 Å². The number of hydrogen-bond donors (Lipinski definition) is 9. The number of carboxylic acids is 1. The van der Waals surface area contributed by atoms with E-state index in [4.69, 9.17) is 17.2 Å².